The van der Waals surface area contributed by atoms with Crippen molar-refractivity contribution in [3.05, 3.63) is 70.0 Å². The third-order valence-corrected chi connectivity index (χ3v) is 6.01. The lowest BCUT2D eigenvalue weighted by Crippen LogP contribution is -2.29. The molecule has 3 heterocycles. The summed E-state index contributed by atoms with van der Waals surface area (Å²) >= 11 is 1.14. The van der Waals surface area contributed by atoms with Gasteiger partial charge in [-0.05, 0) is 42.8 Å². The van der Waals surface area contributed by atoms with Crippen LogP contribution in [-0.4, -0.2) is 40.2 Å². The summed E-state index contributed by atoms with van der Waals surface area (Å²) in [5, 5.41) is 19.9. The van der Waals surface area contributed by atoms with Crippen LogP contribution in [0.25, 0.3) is 5.76 Å². The topological polar surface area (TPSA) is 102 Å². The molecule has 162 valence electrons. The molecule has 8 nitrogen and oxygen atoms in total. The summed E-state index contributed by atoms with van der Waals surface area (Å²) in [6.07, 6.45) is 0. The Bertz CT molecular complexity index is 1270. The lowest BCUT2D eigenvalue weighted by molar-refractivity contribution is -0.132. The van der Waals surface area contributed by atoms with Crippen molar-refractivity contribution in [1.29, 1.82) is 0 Å². The number of hydrogen-bond donors (Lipinski definition) is 1. The normalized spacial score (nSPS) is 19.4. The van der Waals surface area contributed by atoms with Crippen LogP contribution in [0.4, 0.5) is 9.52 Å². The van der Waals surface area contributed by atoms with Gasteiger partial charge in [-0.3, -0.25) is 14.5 Å². The molecule has 0 saturated carbocycles. The zero-order valence-electron chi connectivity index (χ0n) is 16.7. The molecule has 0 aliphatic carbocycles. The van der Waals surface area contributed by atoms with E-state index in [-0.39, 0.29) is 22.0 Å². The predicted molar refractivity (Wildman–Crippen MR) is 113 cm³/mol. The van der Waals surface area contributed by atoms with Crippen molar-refractivity contribution in [3.8, 4) is 11.5 Å². The van der Waals surface area contributed by atoms with E-state index >= 15 is 0 Å². The van der Waals surface area contributed by atoms with Crippen molar-refractivity contribution < 1.29 is 28.6 Å². The maximum absolute atomic E-state index is 13.6. The number of anilines is 1. The van der Waals surface area contributed by atoms with Crippen LogP contribution >= 0.6 is 11.3 Å². The summed E-state index contributed by atoms with van der Waals surface area (Å²) in [4.78, 5) is 27.2. The number of aliphatic hydroxyl groups excluding tert-OH is 1. The Labute approximate surface area is 185 Å². The highest BCUT2D eigenvalue weighted by Crippen LogP contribution is 2.43. The summed E-state index contributed by atoms with van der Waals surface area (Å²) in [5.41, 5.74) is 0.594. The number of aromatic nitrogens is 2. The highest BCUT2D eigenvalue weighted by Gasteiger charge is 2.48. The third kappa shape index (κ3) is 3.28. The number of benzene rings is 2. The minimum Gasteiger partial charge on any atom is -0.507 e. The zero-order valence-corrected chi connectivity index (χ0v) is 17.6. The second-order valence-electron chi connectivity index (χ2n) is 7.18. The average Bonchev–Trinajstić information content (AvgIpc) is 3.34. The van der Waals surface area contributed by atoms with E-state index in [9.17, 15) is 19.1 Å². The van der Waals surface area contributed by atoms with Crippen molar-refractivity contribution in [2.24, 2.45) is 0 Å². The number of amides is 1. The molecule has 1 saturated heterocycles. The number of hydrogen-bond acceptors (Lipinski definition) is 8. The molecule has 1 aromatic heterocycles. The van der Waals surface area contributed by atoms with Crippen molar-refractivity contribution in [2.45, 2.75) is 13.0 Å². The number of ketones is 1. The van der Waals surface area contributed by atoms with E-state index in [1.807, 2.05) is 0 Å². The molecule has 3 aromatic rings. The maximum atomic E-state index is 13.6. The SMILES string of the molecule is Cc1nnc(N2C(=O)C(=O)C(=C(O)c3ccc4c(c3)OCCO4)C2c2ccc(F)cc2)s1. The predicted octanol–water partition coefficient (Wildman–Crippen LogP) is 3.38. The fourth-order valence-electron chi connectivity index (χ4n) is 3.72. The third-order valence-electron chi connectivity index (χ3n) is 5.17. The van der Waals surface area contributed by atoms with Gasteiger partial charge in [0.25, 0.3) is 5.78 Å². The summed E-state index contributed by atoms with van der Waals surface area (Å²) < 4.78 is 24.6. The van der Waals surface area contributed by atoms with Gasteiger partial charge in [0.15, 0.2) is 11.5 Å². The molecule has 0 spiro atoms. The lowest BCUT2D eigenvalue weighted by atomic mass is 9.95. The van der Waals surface area contributed by atoms with Crippen molar-refractivity contribution in [3.63, 3.8) is 0 Å². The van der Waals surface area contributed by atoms with Crippen LogP contribution in [0.2, 0.25) is 0 Å². The number of carbonyl (C=O) groups excluding carboxylic acids is 2. The maximum Gasteiger partial charge on any atom is 0.301 e. The van der Waals surface area contributed by atoms with Crippen LogP contribution in [0.3, 0.4) is 0 Å². The molecule has 1 fully saturated rings. The van der Waals surface area contributed by atoms with E-state index in [0.717, 1.165) is 11.3 Å². The minimum atomic E-state index is -1.00. The van der Waals surface area contributed by atoms with Crippen molar-refractivity contribution in [2.75, 3.05) is 18.1 Å². The number of halogens is 1. The number of aryl methyl sites for hydroxylation is 1. The van der Waals surface area contributed by atoms with Crippen LogP contribution in [0.5, 0.6) is 11.5 Å². The van der Waals surface area contributed by atoms with Gasteiger partial charge < -0.3 is 14.6 Å². The smallest absolute Gasteiger partial charge is 0.301 e. The first kappa shape index (κ1) is 20.1. The fraction of sp³-hybridized carbons (Fsp3) is 0.182. The van der Waals surface area contributed by atoms with E-state index < -0.39 is 23.5 Å². The van der Waals surface area contributed by atoms with Gasteiger partial charge in [-0.1, -0.05) is 23.5 Å². The molecular formula is C22H16FN3O5S. The first-order valence-electron chi connectivity index (χ1n) is 9.70. The van der Waals surface area contributed by atoms with Gasteiger partial charge in [-0.25, -0.2) is 4.39 Å². The van der Waals surface area contributed by atoms with Gasteiger partial charge in [0, 0.05) is 5.56 Å². The number of nitrogens with zero attached hydrogens (tertiary/aromatic N) is 3. The van der Waals surface area contributed by atoms with Crippen LogP contribution in [0.15, 0.2) is 48.0 Å². The molecule has 2 aromatic carbocycles. The van der Waals surface area contributed by atoms with Gasteiger partial charge in [-0.15, -0.1) is 10.2 Å². The van der Waals surface area contributed by atoms with Gasteiger partial charge in [0.1, 0.15) is 29.8 Å². The quantitative estimate of drug-likeness (QED) is 0.368. The second kappa shape index (κ2) is 7.72. The molecule has 32 heavy (non-hydrogen) atoms. The molecule has 2 aliphatic heterocycles. The largest absolute Gasteiger partial charge is 0.507 e. The highest BCUT2D eigenvalue weighted by atomic mass is 32.1. The molecule has 5 rings (SSSR count). The lowest BCUT2D eigenvalue weighted by Gasteiger charge is -2.23. The molecule has 2 aliphatic rings. The Hall–Kier alpha value is -3.79. The summed E-state index contributed by atoms with van der Waals surface area (Å²) in [6, 6.07) is 9.13. The van der Waals surface area contributed by atoms with Gasteiger partial charge >= 0.3 is 5.91 Å². The van der Waals surface area contributed by atoms with E-state index in [4.69, 9.17) is 9.47 Å². The molecular weight excluding hydrogens is 437 g/mol. The number of aliphatic hydroxyl groups is 1. The Morgan fingerprint density at radius 1 is 1.09 bits per heavy atom. The first-order valence-corrected chi connectivity index (χ1v) is 10.5. The van der Waals surface area contributed by atoms with Crippen LogP contribution in [0.1, 0.15) is 22.2 Å². The van der Waals surface area contributed by atoms with Crippen LogP contribution in [-0.2, 0) is 9.59 Å². The van der Waals surface area contributed by atoms with Gasteiger partial charge in [0.2, 0.25) is 5.13 Å². The Kier molecular flexibility index (Phi) is 4.86. The molecule has 10 heteroatoms. The molecule has 0 radical (unpaired) electrons. The molecule has 0 bridgehead atoms. The number of fused-ring (bicyclic) bond motifs is 1. The van der Waals surface area contributed by atoms with E-state index in [0.29, 0.717) is 35.3 Å². The number of carbonyl (C=O) groups is 2. The van der Waals surface area contributed by atoms with E-state index in [2.05, 4.69) is 10.2 Å². The summed E-state index contributed by atoms with van der Waals surface area (Å²) in [6.45, 7) is 2.49. The summed E-state index contributed by atoms with van der Waals surface area (Å²) in [7, 11) is 0. The molecule has 1 atom stereocenters. The van der Waals surface area contributed by atoms with Gasteiger partial charge in [0.05, 0.1) is 11.6 Å². The van der Waals surface area contributed by atoms with Crippen LogP contribution < -0.4 is 14.4 Å². The Morgan fingerprint density at radius 2 is 1.81 bits per heavy atom. The Balaban J connectivity index is 1.69. The highest BCUT2D eigenvalue weighted by molar-refractivity contribution is 7.15. The van der Waals surface area contributed by atoms with E-state index in [1.54, 1.807) is 25.1 Å². The molecule has 1 amide bonds. The molecule has 1 N–H and O–H groups in total. The number of rotatable bonds is 3. The first-order chi connectivity index (χ1) is 15.4. The van der Waals surface area contributed by atoms with E-state index in [1.165, 1.54) is 29.2 Å². The molecule has 1 unspecified atom stereocenters. The van der Waals surface area contributed by atoms with Crippen molar-refractivity contribution >= 4 is 33.9 Å². The fourth-order valence-corrected chi connectivity index (χ4v) is 4.43. The average molecular weight is 453 g/mol. The number of Topliss-reactive ketones (excluding diaryl/α,β-unsaturated/α-hetero) is 1. The second-order valence-corrected chi connectivity index (χ2v) is 8.34. The zero-order chi connectivity index (χ0) is 22.4. The van der Waals surface area contributed by atoms with Gasteiger partial charge in [-0.2, -0.15) is 0 Å². The minimum absolute atomic E-state index is 0.133. The standard InChI is InChI=1S/C22H16FN3O5S/c1-11-24-25-22(32-11)26-18(12-2-5-14(23)6-3-12)17(20(28)21(26)29)19(27)13-4-7-15-16(10-13)31-9-8-30-15/h2-7,10,18,27H,8-9H2,1H3. The van der Waals surface area contributed by atoms with Crippen LogP contribution in [0, 0.1) is 12.7 Å². The summed E-state index contributed by atoms with van der Waals surface area (Å²) in [5.74, 6) is -1.63. The Morgan fingerprint density at radius 3 is 2.50 bits per heavy atom. The number of ether oxygens (including phenoxy) is 2. The van der Waals surface area contributed by atoms with Crippen molar-refractivity contribution in [1.82, 2.24) is 10.2 Å². The monoisotopic (exact) mass is 453 g/mol.